The summed E-state index contributed by atoms with van der Waals surface area (Å²) in [7, 11) is 0. The Kier molecular flexibility index (Phi) is 3.56. The normalized spacial score (nSPS) is 18.6. The van der Waals surface area contributed by atoms with Gasteiger partial charge in [0.2, 0.25) is 11.9 Å². The van der Waals surface area contributed by atoms with E-state index in [2.05, 4.69) is 14.9 Å². The van der Waals surface area contributed by atoms with Gasteiger partial charge in [-0.25, -0.2) is 9.97 Å². The van der Waals surface area contributed by atoms with E-state index < -0.39 is 0 Å². The molecule has 0 aromatic carbocycles. The van der Waals surface area contributed by atoms with Crippen LogP contribution in [0.5, 0.6) is 0 Å². The summed E-state index contributed by atoms with van der Waals surface area (Å²) in [5.74, 6) is 0.956. The molecule has 0 saturated carbocycles. The summed E-state index contributed by atoms with van der Waals surface area (Å²) in [6.07, 6.45) is 1.86. The molecule has 0 unspecified atom stereocenters. The molecule has 0 aliphatic carbocycles. The molecule has 108 valence electrons. The van der Waals surface area contributed by atoms with Crippen LogP contribution in [0, 0.1) is 5.92 Å². The molecule has 0 radical (unpaired) electrons. The van der Waals surface area contributed by atoms with Crippen molar-refractivity contribution in [1.29, 1.82) is 0 Å². The number of morpholine rings is 1. The Hall–Kier alpha value is -1.69. The van der Waals surface area contributed by atoms with Crippen LogP contribution in [-0.2, 0) is 22.6 Å². The molecule has 6 nitrogen and oxygen atoms in total. The van der Waals surface area contributed by atoms with E-state index in [4.69, 9.17) is 4.74 Å². The van der Waals surface area contributed by atoms with Gasteiger partial charge in [0.1, 0.15) is 0 Å². The molecular weight excluding hydrogens is 256 g/mol. The second-order valence-corrected chi connectivity index (χ2v) is 5.59. The Labute approximate surface area is 118 Å². The average Bonchev–Trinajstić information content (AvgIpc) is 2.90. The number of anilines is 1. The first-order valence-electron chi connectivity index (χ1n) is 7.11. The van der Waals surface area contributed by atoms with Crippen molar-refractivity contribution in [2.75, 3.05) is 31.2 Å². The van der Waals surface area contributed by atoms with Gasteiger partial charge in [-0.2, -0.15) is 0 Å². The van der Waals surface area contributed by atoms with Crippen molar-refractivity contribution in [3.63, 3.8) is 0 Å². The number of ether oxygens (including phenoxy) is 1. The van der Waals surface area contributed by atoms with Crippen LogP contribution in [-0.4, -0.2) is 47.1 Å². The van der Waals surface area contributed by atoms with E-state index in [1.807, 2.05) is 24.9 Å². The Morgan fingerprint density at radius 1 is 1.30 bits per heavy atom. The summed E-state index contributed by atoms with van der Waals surface area (Å²) < 4.78 is 5.34. The summed E-state index contributed by atoms with van der Waals surface area (Å²) in [4.78, 5) is 25.1. The fourth-order valence-electron chi connectivity index (χ4n) is 2.58. The first-order valence-corrected chi connectivity index (χ1v) is 7.11. The highest BCUT2D eigenvalue weighted by molar-refractivity contribution is 5.78. The van der Waals surface area contributed by atoms with Crippen LogP contribution in [0.15, 0.2) is 6.20 Å². The van der Waals surface area contributed by atoms with Crippen molar-refractivity contribution in [1.82, 2.24) is 14.9 Å². The molecule has 0 bridgehead atoms. The van der Waals surface area contributed by atoms with Crippen molar-refractivity contribution < 1.29 is 9.53 Å². The summed E-state index contributed by atoms with van der Waals surface area (Å²) in [5, 5.41) is 0. The van der Waals surface area contributed by atoms with Gasteiger partial charge in [-0.3, -0.25) is 4.79 Å². The molecule has 2 aliphatic heterocycles. The van der Waals surface area contributed by atoms with E-state index >= 15 is 0 Å². The molecule has 1 fully saturated rings. The molecule has 20 heavy (non-hydrogen) atoms. The number of amides is 1. The summed E-state index contributed by atoms with van der Waals surface area (Å²) in [6.45, 7) is 8.19. The summed E-state index contributed by atoms with van der Waals surface area (Å²) in [6, 6.07) is 0. The third-order valence-electron chi connectivity index (χ3n) is 3.74. The molecule has 3 rings (SSSR count). The smallest absolute Gasteiger partial charge is 0.225 e. The summed E-state index contributed by atoms with van der Waals surface area (Å²) in [5.41, 5.74) is 2.05. The maximum absolute atomic E-state index is 12.1. The third kappa shape index (κ3) is 2.47. The number of carbonyl (C=O) groups excluding carboxylic acids is 1. The Balaban J connectivity index is 1.76. The van der Waals surface area contributed by atoms with E-state index in [0.717, 1.165) is 43.5 Å². The fraction of sp³-hybridized carbons (Fsp3) is 0.643. The predicted octanol–water partition coefficient (Wildman–Crippen LogP) is 0.811. The third-order valence-corrected chi connectivity index (χ3v) is 3.74. The van der Waals surface area contributed by atoms with Crippen LogP contribution in [0.1, 0.15) is 25.1 Å². The number of nitrogens with zero attached hydrogens (tertiary/aromatic N) is 4. The molecule has 6 heteroatoms. The molecule has 3 heterocycles. The molecule has 1 amide bonds. The Morgan fingerprint density at radius 2 is 2.05 bits per heavy atom. The van der Waals surface area contributed by atoms with Gasteiger partial charge in [0.05, 0.1) is 25.5 Å². The standard InChI is InChI=1S/C14H20N4O2/c1-10(2)13(19)18-8-11-7-15-14(16-12(11)9-18)17-3-5-20-6-4-17/h7,10H,3-6,8-9H2,1-2H3. The molecule has 2 aliphatic rings. The minimum atomic E-state index is 0.0241. The van der Waals surface area contributed by atoms with Gasteiger partial charge in [0.15, 0.2) is 0 Å². The van der Waals surface area contributed by atoms with Crippen LogP contribution in [0.2, 0.25) is 0 Å². The van der Waals surface area contributed by atoms with Gasteiger partial charge in [0, 0.05) is 37.3 Å². The van der Waals surface area contributed by atoms with E-state index in [-0.39, 0.29) is 11.8 Å². The maximum atomic E-state index is 12.1. The molecule has 1 saturated heterocycles. The topological polar surface area (TPSA) is 58.6 Å². The van der Waals surface area contributed by atoms with Crippen LogP contribution in [0.3, 0.4) is 0 Å². The zero-order valence-electron chi connectivity index (χ0n) is 12.0. The first kappa shape index (κ1) is 13.3. The highest BCUT2D eigenvalue weighted by atomic mass is 16.5. The molecule has 1 aromatic heterocycles. The largest absolute Gasteiger partial charge is 0.378 e. The lowest BCUT2D eigenvalue weighted by molar-refractivity contribution is -0.135. The number of aromatic nitrogens is 2. The SMILES string of the molecule is CC(C)C(=O)N1Cc2cnc(N3CCOCC3)nc2C1. The van der Waals surface area contributed by atoms with Crippen molar-refractivity contribution in [2.45, 2.75) is 26.9 Å². The van der Waals surface area contributed by atoms with Crippen LogP contribution in [0.4, 0.5) is 5.95 Å². The van der Waals surface area contributed by atoms with Gasteiger partial charge >= 0.3 is 0 Å². The highest BCUT2D eigenvalue weighted by Crippen LogP contribution is 2.24. The number of fused-ring (bicyclic) bond motifs is 1. The first-order chi connectivity index (χ1) is 9.65. The van der Waals surface area contributed by atoms with E-state index in [9.17, 15) is 4.79 Å². The van der Waals surface area contributed by atoms with Gasteiger partial charge in [-0.15, -0.1) is 0 Å². The Morgan fingerprint density at radius 3 is 2.75 bits per heavy atom. The molecule has 1 aromatic rings. The average molecular weight is 276 g/mol. The molecular formula is C14H20N4O2. The molecule has 0 N–H and O–H groups in total. The lowest BCUT2D eigenvalue weighted by Crippen LogP contribution is -2.37. The van der Waals surface area contributed by atoms with Gasteiger partial charge in [0.25, 0.3) is 0 Å². The van der Waals surface area contributed by atoms with Crippen molar-refractivity contribution in [3.8, 4) is 0 Å². The van der Waals surface area contributed by atoms with E-state index in [0.29, 0.717) is 13.1 Å². The van der Waals surface area contributed by atoms with Crippen molar-refractivity contribution in [3.05, 3.63) is 17.5 Å². The quantitative estimate of drug-likeness (QED) is 0.800. The van der Waals surface area contributed by atoms with Gasteiger partial charge < -0.3 is 14.5 Å². The number of rotatable bonds is 2. The van der Waals surface area contributed by atoms with Crippen molar-refractivity contribution >= 4 is 11.9 Å². The second-order valence-electron chi connectivity index (χ2n) is 5.59. The zero-order valence-corrected chi connectivity index (χ0v) is 12.0. The van der Waals surface area contributed by atoms with Gasteiger partial charge in [-0.1, -0.05) is 13.8 Å². The molecule has 0 spiro atoms. The van der Waals surface area contributed by atoms with E-state index in [1.165, 1.54) is 0 Å². The lowest BCUT2D eigenvalue weighted by Gasteiger charge is -2.26. The van der Waals surface area contributed by atoms with Crippen LogP contribution >= 0.6 is 0 Å². The number of carbonyl (C=O) groups is 1. The number of hydrogen-bond donors (Lipinski definition) is 0. The highest BCUT2D eigenvalue weighted by Gasteiger charge is 2.27. The van der Waals surface area contributed by atoms with E-state index in [1.54, 1.807) is 0 Å². The monoisotopic (exact) mass is 276 g/mol. The predicted molar refractivity (Wildman–Crippen MR) is 74.2 cm³/mol. The summed E-state index contributed by atoms with van der Waals surface area (Å²) >= 11 is 0. The molecule has 0 atom stereocenters. The number of hydrogen-bond acceptors (Lipinski definition) is 5. The van der Waals surface area contributed by atoms with Crippen LogP contribution < -0.4 is 4.90 Å². The minimum Gasteiger partial charge on any atom is -0.378 e. The second kappa shape index (κ2) is 5.36. The zero-order chi connectivity index (χ0) is 14.1. The maximum Gasteiger partial charge on any atom is 0.225 e. The Bertz CT molecular complexity index is 512. The minimum absolute atomic E-state index is 0.0241. The lowest BCUT2D eigenvalue weighted by atomic mass is 10.2. The van der Waals surface area contributed by atoms with Crippen LogP contribution in [0.25, 0.3) is 0 Å². The van der Waals surface area contributed by atoms with Gasteiger partial charge in [-0.05, 0) is 0 Å². The fourth-order valence-corrected chi connectivity index (χ4v) is 2.58. The van der Waals surface area contributed by atoms with Crippen molar-refractivity contribution in [2.24, 2.45) is 5.92 Å².